The molecule has 0 spiro atoms. The van der Waals surface area contributed by atoms with Gasteiger partial charge in [-0.2, -0.15) is 0 Å². The molecular weight excluding hydrogens is 192 g/mol. The number of piperidine rings is 1. The van der Waals surface area contributed by atoms with E-state index in [9.17, 15) is 4.79 Å². The van der Waals surface area contributed by atoms with Crippen molar-refractivity contribution in [3.8, 4) is 0 Å². The quantitative estimate of drug-likeness (QED) is 0.726. The minimum atomic E-state index is -0.733. The summed E-state index contributed by atoms with van der Waals surface area (Å²) in [7, 11) is 2.12. The predicted octanol–water partition coefficient (Wildman–Crippen LogP) is 0.781. The molecule has 0 aliphatic carbocycles. The minimum absolute atomic E-state index is 0.486. The maximum absolute atomic E-state index is 10.9. The molecule has 0 bridgehead atoms. The molecule has 1 saturated heterocycles. The third kappa shape index (κ3) is 3.80. The molecule has 2 N–H and O–H groups in total. The van der Waals surface area contributed by atoms with Crippen LogP contribution in [0.4, 0.5) is 0 Å². The predicted molar refractivity (Wildman–Crippen MR) is 59.9 cm³/mol. The van der Waals surface area contributed by atoms with Gasteiger partial charge < -0.3 is 15.3 Å². The van der Waals surface area contributed by atoms with Crippen molar-refractivity contribution >= 4 is 5.97 Å². The Hall–Kier alpha value is -0.610. The van der Waals surface area contributed by atoms with Gasteiger partial charge in [0.15, 0.2) is 0 Å². The number of carboxylic acid groups (broad SMARTS) is 1. The van der Waals surface area contributed by atoms with Gasteiger partial charge in [-0.15, -0.1) is 0 Å². The van der Waals surface area contributed by atoms with Gasteiger partial charge in [0, 0.05) is 12.6 Å². The lowest BCUT2D eigenvalue weighted by Crippen LogP contribution is -2.45. The SMILES string of the molecule is CN1CCC(NCC(C)(C)C(=O)O)CC1. The van der Waals surface area contributed by atoms with Crippen LogP contribution >= 0.6 is 0 Å². The van der Waals surface area contributed by atoms with Crippen molar-refractivity contribution in [3.63, 3.8) is 0 Å². The molecule has 1 aliphatic heterocycles. The Labute approximate surface area is 91.6 Å². The van der Waals surface area contributed by atoms with Crippen LogP contribution in [-0.4, -0.2) is 48.7 Å². The van der Waals surface area contributed by atoms with E-state index in [0.29, 0.717) is 12.6 Å². The molecule has 4 nitrogen and oxygen atoms in total. The zero-order valence-corrected chi connectivity index (χ0v) is 9.92. The number of carbonyl (C=O) groups is 1. The molecule has 1 heterocycles. The molecular formula is C11H22N2O2. The number of carboxylic acids is 1. The van der Waals surface area contributed by atoms with Crippen molar-refractivity contribution < 1.29 is 9.90 Å². The summed E-state index contributed by atoms with van der Waals surface area (Å²) in [6, 6.07) is 0.486. The van der Waals surface area contributed by atoms with E-state index >= 15 is 0 Å². The van der Waals surface area contributed by atoms with E-state index in [-0.39, 0.29) is 0 Å². The first-order valence-corrected chi connectivity index (χ1v) is 5.57. The Morgan fingerprint density at radius 3 is 2.47 bits per heavy atom. The van der Waals surface area contributed by atoms with E-state index in [1.807, 2.05) is 0 Å². The summed E-state index contributed by atoms with van der Waals surface area (Å²) in [6.45, 7) is 6.28. The summed E-state index contributed by atoms with van der Waals surface area (Å²) in [5, 5.41) is 12.3. The van der Waals surface area contributed by atoms with E-state index in [1.54, 1.807) is 13.8 Å². The Kier molecular flexibility index (Phi) is 4.11. The van der Waals surface area contributed by atoms with Crippen LogP contribution in [0.25, 0.3) is 0 Å². The number of rotatable bonds is 4. The number of hydrogen-bond donors (Lipinski definition) is 2. The summed E-state index contributed by atoms with van der Waals surface area (Å²) in [6.07, 6.45) is 2.23. The van der Waals surface area contributed by atoms with Gasteiger partial charge in [-0.25, -0.2) is 0 Å². The van der Waals surface area contributed by atoms with Crippen molar-refractivity contribution in [2.75, 3.05) is 26.7 Å². The highest BCUT2D eigenvalue weighted by atomic mass is 16.4. The van der Waals surface area contributed by atoms with E-state index in [1.165, 1.54) is 0 Å². The van der Waals surface area contributed by atoms with Gasteiger partial charge in [0.05, 0.1) is 5.41 Å². The molecule has 88 valence electrons. The van der Waals surface area contributed by atoms with Crippen LogP contribution in [0.2, 0.25) is 0 Å². The van der Waals surface area contributed by atoms with Crippen molar-refractivity contribution in [1.82, 2.24) is 10.2 Å². The molecule has 4 heteroatoms. The first-order valence-electron chi connectivity index (χ1n) is 5.57. The first kappa shape index (κ1) is 12.5. The van der Waals surface area contributed by atoms with Gasteiger partial charge >= 0.3 is 5.97 Å². The molecule has 0 aromatic carbocycles. The van der Waals surface area contributed by atoms with Gasteiger partial charge in [0.25, 0.3) is 0 Å². The lowest BCUT2D eigenvalue weighted by Gasteiger charge is -2.31. The van der Waals surface area contributed by atoms with E-state index in [0.717, 1.165) is 25.9 Å². The second-order valence-corrected chi connectivity index (χ2v) is 5.15. The van der Waals surface area contributed by atoms with Crippen molar-refractivity contribution in [2.24, 2.45) is 5.41 Å². The van der Waals surface area contributed by atoms with E-state index < -0.39 is 11.4 Å². The number of likely N-dealkylation sites (tertiary alicyclic amines) is 1. The fourth-order valence-electron chi connectivity index (χ4n) is 1.69. The largest absolute Gasteiger partial charge is 0.481 e. The molecule has 1 rings (SSSR count). The summed E-state index contributed by atoms with van der Waals surface area (Å²) >= 11 is 0. The van der Waals surface area contributed by atoms with Crippen LogP contribution in [-0.2, 0) is 4.79 Å². The Bertz CT molecular complexity index is 221. The molecule has 1 fully saturated rings. The molecule has 1 aliphatic rings. The lowest BCUT2D eigenvalue weighted by molar-refractivity contribution is -0.146. The number of aliphatic carboxylic acids is 1. The van der Waals surface area contributed by atoms with Crippen LogP contribution in [0.1, 0.15) is 26.7 Å². The third-order valence-corrected chi connectivity index (χ3v) is 3.13. The molecule has 15 heavy (non-hydrogen) atoms. The molecule has 0 aromatic rings. The summed E-state index contributed by atoms with van der Waals surface area (Å²) in [5.41, 5.74) is -0.663. The van der Waals surface area contributed by atoms with Crippen LogP contribution in [0.3, 0.4) is 0 Å². The Morgan fingerprint density at radius 2 is 2.00 bits per heavy atom. The van der Waals surface area contributed by atoms with Gasteiger partial charge in [-0.05, 0) is 46.8 Å². The van der Waals surface area contributed by atoms with Crippen molar-refractivity contribution in [2.45, 2.75) is 32.7 Å². The highest BCUT2D eigenvalue weighted by molar-refractivity contribution is 5.73. The third-order valence-electron chi connectivity index (χ3n) is 3.13. The van der Waals surface area contributed by atoms with Gasteiger partial charge in [0.1, 0.15) is 0 Å². The van der Waals surface area contributed by atoms with Crippen LogP contribution in [0, 0.1) is 5.41 Å². The normalized spacial score (nSPS) is 20.5. The maximum Gasteiger partial charge on any atom is 0.310 e. The maximum atomic E-state index is 10.9. The summed E-state index contributed by atoms with van der Waals surface area (Å²) in [5.74, 6) is -0.733. The van der Waals surface area contributed by atoms with E-state index in [2.05, 4.69) is 17.3 Å². The lowest BCUT2D eigenvalue weighted by atomic mass is 9.93. The molecule has 0 radical (unpaired) electrons. The molecule has 0 unspecified atom stereocenters. The highest BCUT2D eigenvalue weighted by Gasteiger charge is 2.28. The first-order chi connectivity index (χ1) is 6.92. The minimum Gasteiger partial charge on any atom is -0.481 e. The van der Waals surface area contributed by atoms with Gasteiger partial charge in [-0.1, -0.05) is 0 Å². The average molecular weight is 214 g/mol. The average Bonchev–Trinajstić information content (AvgIpc) is 2.17. The topological polar surface area (TPSA) is 52.6 Å². The molecule has 0 amide bonds. The zero-order chi connectivity index (χ0) is 11.5. The summed E-state index contributed by atoms with van der Waals surface area (Å²) < 4.78 is 0. The second kappa shape index (κ2) is 4.94. The molecule has 0 aromatic heterocycles. The van der Waals surface area contributed by atoms with Gasteiger partial charge in [0.2, 0.25) is 0 Å². The number of nitrogens with zero attached hydrogens (tertiary/aromatic N) is 1. The monoisotopic (exact) mass is 214 g/mol. The Morgan fingerprint density at radius 1 is 1.47 bits per heavy atom. The molecule has 0 atom stereocenters. The zero-order valence-electron chi connectivity index (χ0n) is 9.92. The number of nitrogens with one attached hydrogen (secondary N) is 1. The molecule has 0 saturated carbocycles. The highest BCUT2D eigenvalue weighted by Crippen LogP contribution is 2.15. The standard InChI is InChI=1S/C11H22N2O2/c1-11(2,10(14)15)8-12-9-4-6-13(3)7-5-9/h9,12H,4-8H2,1-3H3,(H,14,15). The fraction of sp³-hybridized carbons (Fsp3) is 0.909. The summed E-state index contributed by atoms with van der Waals surface area (Å²) in [4.78, 5) is 13.2. The smallest absolute Gasteiger partial charge is 0.310 e. The number of hydrogen-bond acceptors (Lipinski definition) is 3. The van der Waals surface area contributed by atoms with Crippen molar-refractivity contribution in [3.05, 3.63) is 0 Å². The fourth-order valence-corrected chi connectivity index (χ4v) is 1.69. The van der Waals surface area contributed by atoms with Gasteiger partial charge in [-0.3, -0.25) is 4.79 Å². The van der Waals surface area contributed by atoms with Crippen LogP contribution in [0.5, 0.6) is 0 Å². The Balaban J connectivity index is 2.28. The van der Waals surface area contributed by atoms with Crippen LogP contribution < -0.4 is 5.32 Å². The van der Waals surface area contributed by atoms with Crippen molar-refractivity contribution in [1.29, 1.82) is 0 Å². The second-order valence-electron chi connectivity index (χ2n) is 5.15. The van der Waals surface area contributed by atoms with E-state index in [4.69, 9.17) is 5.11 Å². The van der Waals surface area contributed by atoms with Crippen LogP contribution in [0.15, 0.2) is 0 Å².